The highest BCUT2D eigenvalue weighted by atomic mass is 16.5. The molecule has 1 unspecified atom stereocenters. The molecule has 0 fully saturated rings. The van der Waals surface area contributed by atoms with E-state index in [0.717, 1.165) is 22.6 Å². The van der Waals surface area contributed by atoms with Gasteiger partial charge in [-0.25, -0.2) is 4.68 Å². The van der Waals surface area contributed by atoms with E-state index in [9.17, 15) is 9.59 Å². The summed E-state index contributed by atoms with van der Waals surface area (Å²) in [6.45, 7) is 1.97. The van der Waals surface area contributed by atoms with Gasteiger partial charge in [-0.05, 0) is 42.8 Å². The third-order valence-electron chi connectivity index (χ3n) is 4.42. The zero-order valence-corrected chi connectivity index (χ0v) is 16.9. The van der Waals surface area contributed by atoms with Gasteiger partial charge in [0.1, 0.15) is 11.8 Å². The van der Waals surface area contributed by atoms with Crippen LogP contribution in [0.4, 0.5) is 0 Å². The van der Waals surface area contributed by atoms with Gasteiger partial charge in [0.05, 0.1) is 19.0 Å². The summed E-state index contributed by atoms with van der Waals surface area (Å²) in [6.07, 6.45) is 6.64. The first kappa shape index (κ1) is 20.9. The van der Waals surface area contributed by atoms with E-state index >= 15 is 0 Å². The van der Waals surface area contributed by atoms with Crippen molar-refractivity contribution < 1.29 is 14.3 Å². The summed E-state index contributed by atoms with van der Waals surface area (Å²) in [5, 5.41) is 9.77. The van der Waals surface area contributed by atoms with Gasteiger partial charge in [-0.15, -0.1) is 0 Å². The maximum Gasteiger partial charge on any atom is 0.244 e. The molecule has 7 nitrogen and oxygen atoms in total. The van der Waals surface area contributed by atoms with E-state index in [4.69, 9.17) is 4.74 Å². The third kappa shape index (κ3) is 5.81. The third-order valence-corrected chi connectivity index (χ3v) is 4.42. The van der Waals surface area contributed by atoms with Crippen LogP contribution in [0.3, 0.4) is 0 Å². The predicted octanol–water partition coefficient (Wildman–Crippen LogP) is 2.72. The monoisotopic (exact) mass is 404 g/mol. The Bertz CT molecular complexity index is 1010. The Balaban J connectivity index is 1.46. The van der Waals surface area contributed by atoms with Gasteiger partial charge in [0.2, 0.25) is 11.8 Å². The van der Waals surface area contributed by atoms with E-state index in [1.54, 1.807) is 31.0 Å². The molecule has 2 N–H and O–H groups in total. The summed E-state index contributed by atoms with van der Waals surface area (Å²) in [6, 6.07) is 16.4. The van der Waals surface area contributed by atoms with Crippen molar-refractivity contribution in [1.82, 2.24) is 20.4 Å². The van der Waals surface area contributed by atoms with Gasteiger partial charge in [-0.1, -0.05) is 30.3 Å². The second-order valence-electron chi connectivity index (χ2n) is 6.68. The summed E-state index contributed by atoms with van der Waals surface area (Å²) in [4.78, 5) is 24.4. The molecule has 3 aromatic rings. The topological polar surface area (TPSA) is 85.2 Å². The molecule has 30 heavy (non-hydrogen) atoms. The van der Waals surface area contributed by atoms with Gasteiger partial charge in [-0.3, -0.25) is 9.59 Å². The quantitative estimate of drug-likeness (QED) is 0.566. The largest absolute Gasteiger partial charge is 0.497 e. The Labute approximate surface area is 175 Å². The SMILES string of the molecule is COc1ccc(/C=C/C(=O)NC(C)C(=O)NCc2cnn(-c3ccccc3)c2)cc1. The Morgan fingerprint density at radius 2 is 1.87 bits per heavy atom. The molecule has 2 amide bonds. The predicted molar refractivity (Wildman–Crippen MR) is 115 cm³/mol. The number of hydrogen-bond acceptors (Lipinski definition) is 4. The number of carbonyl (C=O) groups excluding carboxylic acids is 2. The molecule has 3 rings (SSSR count). The van der Waals surface area contributed by atoms with Gasteiger partial charge in [0, 0.05) is 24.4 Å². The molecule has 0 radical (unpaired) electrons. The summed E-state index contributed by atoms with van der Waals surface area (Å²) >= 11 is 0. The molecule has 0 bridgehead atoms. The minimum absolute atomic E-state index is 0.270. The van der Waals surface area contributed by atoms with E-state index in [2.05, 4.69) is 15.7 Å². The van der Waals surface area contributed by atoms with Crippen molar-refractivity contribution in [3.8, 4) is 11.4 Å². The fraction of sp³-hybridized carbons (Fsp3) is 0.174. The minimum atomic E-state index is -0.665. The lowest BCUT2D eigenvalue weighted by Gasteiger charge is -2.12. The van der Waals surface area contributed by atoms with Crippen LogP contribution in [0, 0.1) is 0 Å². The standard InChI is InChI=1S/C23H24N4O3/c1-17(26-22(28)13-10-18-8-11-21(30-2)12-9-18)23(29)24-14-19-15-25-27(16-19)20-6-4-3-5-7-20/h3-13,15-17H,14H2,1-2H3,(H,24,29)(H,26,28)/b13-10+. The molecule has 2 aromatic carbocycles. The van der Waals surface area contributed by atoms with Crippen molar-refractivity contribution in [3.63, 3.8) is 0 Å². The lowest BCUT2D eigenvalue weighted by Crippen LogP contribution is -2.44. The van der Waals surface area contributed by atoms with E-state index in [0.29, 0.717) is 6.54 Å². The second kappa shape index (κ2) is 10.1. The first-order valence-corrected chi connectivity index (χ1v) is 9.54. The zero-order chi connectivity index (χ0) is 21.3. The molecule has 1 atom stereocenters. The lowest BCUT2D eigenvalue weighted by atomic mass is 10.2. The van der Waals surface area contributed by atoms with Crippen LogP contribution in [0.2, 0.25) is 0 Å². The molecular weight excluding hydrogens is 380 g/mol. The summed E-state index contributed by atoms with van der Waals surface area (Å²) in [5.41, 5.74) is 2.67. The first-order chi connectivity index (χ1) is 14.5. The van der Waals surface area contributed by atoms with Crippen LogP contribution in [0.25, 0.3) is 11.8 Å². The number of para-hydroxylation sites is 1. The molecule has 0 spiro atoms. The molecule has 0 aliphatic rings. The fourth-order valence-corrected chi connectivity index (χ4v) is 2.73. The van der Waals surface area contributed by atoms with Crippen LogP contribution in [0.5, 0.6) is 5.75 Å². The Kier molecular flexibility index (Phi) is 7.00. The fourth-order valence-electron chi connectivity index (χ4n) is 2.73. The molecular formula is C23H24N4O3. The van der Waals surface area contributed by atoms with Crippen LogP contribution in [0.1, 0.15) is 18.1 Å². The molecule has 0 saturated carbocycles. The van der Waals surface area contributed by atoms with Gasteiger partial charge in [0.15, 0.2) is 0 Å². The minimum Gasteiger partial charge on any atom is -0.497 e. The number of carbonyl (C=O) groups is 2. The van der Waals surface area contributed by atoms with Crippen molar-refractivity contribution >= 4 is 17.9 Å². The smallest absolute Gasteiger partial charge is 0.244 e. The van der Waals surface area contributed by atoms with Crippen LogP contribution in [-0.2, 0) is 16.1 Å². The number of benzene rings is 2. The van der Waals surface area contributed by atoms with Gasteiger partial charge in [-0.2, -0.15) is 5.10 Å². The number of rotatable bonds is 8. The Hall–Kier alpha value is -3.87. The molecule has 1 heterocycles. The first-order valence-electron chi connectivity index (χ1n) is 9.54. The second-order valence-corrected chi connectivity index (χ2v) is 6.68. The lowest BCUT2D eigenvalue weighted by molar-refractivity contribution is -0.126. The van der Waals surface area contributed by atoms with Crippen LogP contribution < -0.4 is 15.4 Å². The van der Waals surface area contributed by atoms with Crippen LogP contribution in [0.15, 0.2) is 73.1 Å². The average Bonchev–Trinajstić information content (AvgIpc) is 3.26. The molecule has 0 aliphatic heterocycles. The number of amides is 2. The van der Waals surface area contributed by atoms with E-state index in [-0.39, 0.29) is 11.8 Å². The number of nitrogens with zero attached hydrogens (tertiary/aromatic N) is 2. The molecule has 7 heteroatoms. The Morgan fingerprint density at radius 3 is 2.57 bits per heavy atom. The summed E-state index contributed by atoms with van der Waals surface area (Å²) in [7, 11) is 1.60. The summed E-state index contributed by atoms with van der Waals surface area (Å²) in [5.74, 6) is 0.134. The van der Waals surface area contributed by atoms with Gasteiger partial charge in [0.25, 0.3) is 0 Å². The van der Waals surface area contributed by atoms with Gasteiger partial charge < -0.3 is 15.4 Å². The van der Waals surface area contributed by atoms with E-state index < -0.39 is 6.04 Å². The van der Waals surface area contributed by atoms with Gasteiger partial charge >= 0.3 is 0 Å². The number of aromatic nitrogens is 2. The highest BCUT2D eigenvalue weighted by molar-refractivity contribution is 5.95. The number of methoxy groups -OCH3 is 1. The maximum atomic E-state index is 12.3. The maximum absolute atomic E-state index is 12.3. The highest BCUT2D eigenvalue weighted by Gasteiger charge is 2.14. The zero-order valence-electron chi connectivity index (χ0n) is 16.9. The molecule has 0 aliphatic carbocycles. The molecule has 1 aromatic heterocycles. The van der Waals surface area contributed by atoms with Crippen molar-refractivity contribution in [3.05, 3.63) is 84.2 Å². The molecule has 0 saturated heterocycles. The Morgan fingerprint density at radius 1 is 1.13 bits per heavy atom. The van der Waals surface area contributed by atoms with E-state index in [1.165, 1.54) is 6.08 Å². The van der Waals surface area contributed by atoms with Crippen molar-refractivity contribution in [1.29, 1.82) is 0 Å². The normalized spacial score (nSPS) is 11.8. The number of nitrogens with one attached hydrogen (secondary N) is 2. The van der Waals surface area contributed by atoms with Crippen molar-refractivity contribution in [2.24, 2.45) is 0 Å². The average molecular weight is 404 g/mol. The highest BCUT2D eigenvalue weighted by Crippen LogP contribution is 2.12. The van der Waals surface area contributed by atoms with Crippen LogP contribution in [-0.4, -0.2) is 34.7 Å². The summed E-state index contributed by atoms with van der Waals surface area (Å²) < 4.78 is 6.85. The van der Waals surface area contributed by atoms with Crippen molar-refractivity contribution in [2.45, 2.75) is 19.5 Å². The number of hydrogen-bond donors (Lipinski definition) is 2. The van der Waals surface area contributed by atoms with Crippen LogP contribution >= 0.6 is 0 Å². The van der Waals surface area contributed by atoms with Crippen molar-refractivity contribution in [2.75, 3.05) is 7.11 Å². The van der Waals surface area contributed by atoms with E-state index in [1.807, 2.05) is 60.8 Å². The molecule has 154 valence electrons. The number of ether oxygens (including phenoxy) is 1.